The standard InChI is InChI=1S/C23H25F3N4O4/c1-14(21(32)29-19-6-4-18(5-7-19)28-15(2)31)34-22(33)16-9-11-30(12-10-16)20-8-3-17(13-27-20)23(24,25)26/h3-8,13-14,16H,9-12H2,1-2H3,(H,28,31)(H,29,32). The third-order valence-electron chi connectivity index (χ3n) is 5.36. The number of nitrogens with zero attached hydrogens (tertiary/aromatic N) is 2. The summed E-state index contributed by atoms with van der Waals surface area (Å²) in [5.41, 5.74) is 0.257. The number of rotatable bonds is 6. The quantitative estimate of drug-likeness (QED) is 0.612. The fraction of sp³-hybridized carbons (Fsp3) is 0.391. The Labute approximate surface area is 194 Å². The van der Waals surface area contributed by atoms with Gasteiger partial charge in [-0.3, -0.25) is 14.4 Å². The van der Waals surface area contributed by atoms with Gasteiger partial charge in [-0.1, -0.05) is 0 Å². The molecule has 3 rings (SSSR count). The van der Waals surface area contributed by atoms with Crippen molar-refractivity contribution in [1.29, 1.82) is 0 Å². The minimum absolute atomic E-state index is 0.209. The van der Waals surface area contributed by atoms with Crippen molar-refractivity contribution in [3.63, 3.8) is 0 Å². The van der Waals surface area contributed by atoms with E-state index < -0.39 is 35.6 Å². The average Bonchev–Trinajstić information content (AvgIpc) is 2.79. The van der Waals surface area contributed by atoms with Crippen molar-refractivity contribution in [2.45, 2.75) is 39.0 Å². The lowest BCUT2D eigenvalue weighted by Crippen LogP contribution is -2.39. The molecular weight excluding hydrogens is 453 g/mol. The first-order chi connectivity index (χ1) is 16.0. The van der Waals surface area contributed by atoms with Crippen LogP contribution in [-0.4, -0.2) is 42.0 Å². The second-order valence-corrected chi connectivity index (χ2v) is 7.99. The zero-order valence-corrected chi connectivity index (χ0v) is 18.7. The van der Waals surface area contributed by atoms with Gasteiger partial charge in [-0.05, 0) is 56.2 Å². The number of anilines is 3. The summed E-state index contributed by atoms with van der Waals surface area (Å²) in [6, 6.07) is 8.79. The number of hydrogen-bond acceptors (Lipinski definition) is 6. The van der Waals surface area contributed by atoms with Gasteiger partial charge < -0.3 is 20.3 Å². The molecule has 11 heteroatoms. The van der Waals surface area contributed by atoms with Crippen LogP contribution in [0.25, 0.3) is 0 Å². The van der Waals surface area contributed by atoms with Gasteiger partial charge in [0.15, 0.2) is 6.10 Å². The number of ether oxygens (including phenoxy) is 1. The Kier molecular flexibility index (Phi) is 7.75. The van der Waals surface area contributed by atoms with E-state index in [2.05, 4.69) is 15.6 Å². The molecular formula is C23H25F3N4O4. The first-order valence-electron chi connectivity index (χ1n) is 10.7. The number of alkyl halides is 3. The van der Waals surface area contributed by atoms with Gasteiger partial charge in [0.1, 0.15) is 5.82 Å². The second kappa shape index (κ2) is 10.5. The Morgan fingerprint density at radius 3 is 2.12 bits per heavy atom. The van der Waals surface area contributed by atoms with Crippen LogP contribution in [0.15, 0.2) is 42.6 Å². The number of carbonyl (C=O) groups excluding carboxylic acids is 3. The largest absolute Gasteiger partial charge is 0.452 e. The first kappa shape index (κ1) is 25.0. The van der Waals surface area contributed by atoms with E-state index in [-0.39, 0.29) is 5.91 Å². The minimum Gasteiger partial charge on any atom is -0.452 e. The van der Waals surface area contributed by atoms with Crippen LogP contribution < -0.4 is 15.5 Å². The van der Waals surface area contributed by atoms with E-state index in [1.807, 2.05) is 4.90 Å². The van der Waals surface area contributed by atoms with E-state index in [9.17, 15) is 27.6 Å². The monoisotopic (exact) mass is 478 g/mol. The van der Waals surface area contributed by atoms with E-state index in [0.29, 0.717) is 43.1 Å². The SMILES string of the molecule is CC(=O)Nc1ccc(NC(=O)C(C)OC(=O)C2CCN(c3ccc(C(F)(F)F)cn3)CC2)cc1. The fourth-order valence-corrected chi connectivity index (χ4v) is 3.49. The fourth-order valence-electron chi connectivity index (χ4n) is 3.49. The Hall–Kier alpha value is -3.63. The Bertz CT molecular complexity index is 1020. The Morgan fingerprint density at radius 2 is 1.62 bits per heavy atom. The number of carbonyl (C=O) groups is 3. The van der Waals surface area contributed by atoms with Crippen molar-refractivity contribution in [3.05, 3.63) is 48.2 Å². The predicted molar refractivity (Wildman–Crippen MR) is 119 cm³/mol. The molecule has 1 atom stereocenters. The number of hydrogen-bond donors (Lipinski definition) is 2. The average molecular weight is 478 g/mol. The van der Waals surface area contributed by atoms with Gasteiger partial charge in [0.2, 0.25) is 5.91 Å². The predicted octanol–water partition coefficient (Wildman–Crippen LogP) is 3.85. The molecule has 2 aromatic rings. The third-order valence-corrected chi connectivity index (χ3v) is 5.36. The molecule has 182 valence electrons. The maximum atomic E-state index is 12.7. The number of nitrogens with one attached hydrogen (secondary N) is 2. The van der Waals surface area contributed by atoms with Gasteiger partial charge in [0.25, 0.3) is 5.91 Å². The van der Waals surface area contributed by atoms with Crippen molar-refractivity contribution >= 4 is 35.0 Å². The van der Waals surface area contributed by atoms with Crippen LogP contribution in [-0.2, 0) is 25.3 Å². The van der Waals surface area contributed by atoms with Gasteiger partial charge in [-0.25, -0.2) is 4.98 Å². The molecule has 1 fully saturated rings. The van der Waals surface area contributed by atoms with Crippen LogP contribution in [0, 0.1) is 5.92 Å². The molecule has 0 radical (unpaired) electrons. The first-order valence-corrected chi connectivity index (χ1v) is 10.7. The number of pyridine rings is 1. The minimum atomic E-state index is -4.44. The summed E-state index contributed by atoms with van der Waals surface area (Å²) in [7, 11) is 0. The summed E-state index contributed by atoms with van der Waals surface area (Å²) < 4.78 is 43.4. The number of halogens is 3. The molecule has 1 aliphatic heterocycles. The highest BCUT2D eigenvalue weighted by molar-refractivity contribution is 5.95. The summed E-state index contributed by atoms with van der Waals surface area (Å²) in [6.45, 7) is 3.72. The molecule has 0 spiro atoms. The van der Waals surface area contributed by atoms with E-state index >= 15 is 0 Å². The number of esters is 1. The number of aromatic nitrogens is 1. The molecule has 2 N–H and O–H groups in total. The lowest BCUT2D eigenvalue weighted by molar-refractivity contribution is -0.158. The normalized spacial score (nSPS) is 15.4. The third kappa shape index (κ3) is 6.69. The molecule has 1 unspecified atom stereocenters. The molecule has 2 amide bonds. The van der Waals surface area contributed by atoms with E-state index in [1.54, 1.807) is 24.3 Å². The number of amides is 2. The zero-order chi connectivity index (χ0) is 24.9. The van der Waals surface area contributed by atoms with Crippen LogP contribution in [0.1, 0.15) is 32.3 Å². The molecule has 0 aliphatic carbocycles. The zero-order valence-electron chi connectivity index (χ0n) is 18.7. The Balaban J connectivity index is 1.46. The topological polar surface area (TPSA) is 101 Å². The highest BCUT2D eigenvalue weighted by atomic mass is 19.4. The second-order valence-electron chi connectivity index (χ2n) is 7.99. The summed E-state index contributed by atoms with van der Waals surface area (Å²) in [5, 5.41) is 5.27. The molecule has 0 bridgehead atoms. The van der Waals surface area contributed by atoms with E-state index in [1.165, 1.54) is 19.9 Å². The summed E-state index contributed by atoms with van der Waals surface area (Å²) >= 11 is 0. The molecule has 1 aromatic carbocycles. The van der Waals surface area contributed by atoms with Gasteiger partial charge in [0.05, 0.1) is 11.5 Å². The van der Waals surface area contributed by atoms with Gasteiger partial charge in [-0.15, -0.1) is 0 Å². The molecule has 34 heavy (non-hydrogen) atoms. The van der Waals surface area contributed by atoms with Crippen molar-refractivity contribution in [2.24, 2.45) is 5.92 Å². The number of piperidine rings is 1. The molecule has 8 nitrogen and oxygen atoms in total. The van der Waals surface area contributed by atoms with Crippen molar-refractivity contribution in [2.75, 3.05) is 28.6 Å². The maximum absolute atomic E-state index is 12.7. The molecule has 2 heterocycles. The lowest BCUT2D eigenvalue weighted by atomic mass is 9.97. The lowest BCUT2D eigenvalue weighted by Gasteiger charge is -2.32. The molecule has 1 aromatic heterocycles. The van der Waals surface area contributed by atoms with Crippen LogP contribution in [0.5, 0.6) is 0 Å². The van der Waals surface area contributed by atoms with E-state index in [4.69, 9.17) is 4.74 Å². The smallest absolute Gasteiger partial charge is 0.417 e. The maximum Gasteiger partial charge on any atom is 0.417 e. The summed E-state index contributed by atoms with van der Waals surface area (Å²) in [6.07, 6.45) is -3.80. The highest BCUT2D eigenvalue weighted by Gasteiger charge is 2.32. The van der Waals surface area contributed by atoms with Crippen LogP contribution in [0.3, 0.4) is 0 Å². The summed E-state index contributed by atoms with van der Waals surface area (Å²) in [5.74, 6) is -1.20. The van der Waals surface area contributed by atoms with Crippen molar-refractivity contribution < 1.29 is 32.3 Å². The Morgan fingerprint density at radius 1 is 1.03 bits per heavy atom. The van der Waals surface area contributed by atoms with Crippen molar-refractivity contribution in [1.82, 2.24) is 4.98 Å². The van der Waals surface area contributed by atoms with Crippen LogP contribution in [0.2, 0.25) is 0 Å². The van der Waals surface area contributed by atoms with Gasteiger partial charge in [0, 0.05) is 37.6 Å². The highest BCUT2D eigenvalue weighted by Crippen LogP contribution is 2.30. The summed E-state index contributed by atoms with van der Waals surface area (Å²) in [4.78, 5) is 41.6. The molecule has 1 saturated heterocycles. The van der Waals surface area contributed by atoms with Crippen LogP contribution in [0.4, 0.5) is 30.4 Å². The van der Waals surface area contributed by atoms with Crippen molar-refractivity contribution in [3.8, 4) is 0 Å². The molecule has 1 aliphatic rings. The van der Waals surface area contributed by atoms with Gasteiger partial charge in [-0.2, -0.15) is 13.2 Å². The van der Waals surface area contributed by atoms with Crippen LogP contribution >= 0.6 is 0 Å². The number of benzene rings is 1. The molecule has 0 saturated carbocycles. The van der Waals surface area contributed by atoms with E-state index in [0.717, 1.165) is 12.3 Å². The van der Waals surface area contributed by atoms with Gasteiger partial charge >= 0.3 is 12.1 Å².